The van der Waals surface area contributed by atoms with Gasteiger partial charge in [-0.25, -0.2) is 0 Å². The first-order chi connectivity index (χ1) is 24.1. The molecule has 0 rings (SSSR count). The van der Waals surface area contributed by atoms with Crippen LogP contribution in [0.5, 0.6) is 0 Å². The average Bonchev–Trinajstić information content (AvgIpc) is 2.93. The molecular weight excluding hydrogens is 1010 g/mol. The number of ketones is 3. The molecule has 0 amide bonds. The van der Waals surface area contributed by atoms with Gasteiger partial charge in [-0.15, -0.1) is 17.3 Å². The summed E-state index contributed by atoms with van der Waals surface area (Å²) in [6, 6.07) is 0. The first-order valence-electron chi connectivity index (χ1n) is 14.4. The van der Waals surface area contributed by atoms with E-state index in [0.717, 1.165) is 0 Å². The van der Waals surface area contributed by atoms with Crippen molar-refractivity contribution in [2.75, 3.05) is 0 Å². The Morgan fingerprint density at radius 3 is 0.534 bits per heavy atom. The maximum Gasteiger partial charge on any atom is 3.00 e. The van der Waals surface area contributed by atoms with E-state index in [4.69, 9.17) is 0 Å². The Kier molecular flexibility index (Phi) is 20.4. The molecule has 0 unspecified atom stereocenters. The average molecular weight is 1040 g/mol. The minimum Gasteiger partial charge on any atom is -0.875 e. The standard InChI is InChI=1S/3C10H11F7O2.Gd/c3*1-7(2,3)5(18)4-6(19)8(11,12)9(13,14)10(15,16)17;/h3*4,18H,1-3H3;/q;;;+3/p-3. The van der Waals surface area contributed by atoms with Gasteiger partial charge >= 0.3 is 94.0 Å². The molecule has 1 radical (unpaired) electrons. The van der Waals surface area contributed by atoms with Crippen molar-refractivity contribution in [3.8, 4) is 0 Å². The molecule has 0 aromatic rings. The van der Waals surface area contributed by atoms with Crippen molar-refractivity contribution in [2.45, 2.75) is 116 Å². The molecule has 0 fully saturated rings. The summed E-state index contributed by atoms with van der Waals surface area (Å²) in [4.78, 5) is 32.4. The van der Waals surface area contributed by atoms with Gasteiger partial charge in [0.1, 0.15) is 0 Å². The van der Waals surface area contributed by atoms with E-state index >= 15 is 0 Å². The van der Waals surface area contributed by atoms with E-state index in [-0.39, 0.29) is 39.9 Å². The number of alkyl halides is 21. The van der Waals surface area contributed by atoms with Gasteiger partial charge in [0.25, 0.3) is 0 Å². The molecule has 6 nitrogen and oxygen atoms in total. The third-order valence-corrected chi connectivity index (χ3v) is 6.18. The molecule has 341 valence electrons. The molecule has 0 aliphatic carbocycles. The van der Waals surface area contributed by atoms with Gasteiger partial charge in [0, 0.05) is 0 Å². The minimum absolute atomic E-state index is 0. The van der Waals surface area contributed by atoms with Gasteiger partial charge in [-0.2, -0.15) is 92.2 Å². The number of rotatable bonds is 9. The summed E-state index contributed by atoms with van der Waals surface area (Å²) in [5.74, 6) is -50.2. The Bertz CT molecular complexity index is 1350. The predicted molar refractivity (Wildman–Crippen MR) is 145 cm³/mol. The zero-order chi connectivity index (χ0) is 47.6. The quantitative estimate of drug-likeness (QED) is 0.131. The smallest absolute Gasteiger partial charge is 0.875 e. The molecule has 0 bridgehead atoms. The molecule has 0 aliphatic heterocycles. The fourth-order valence-corrected chi connectivity index (χ4v) is 2.28. The second-order valence-electron chi connectivity index (χ2n) is 14.3. The van der Waals surface area contributed by atoms with E-state index in [1.165, 1.54) is 62.3 Å². The Hall–Kier alpha value is -2.52. The number of hydrogen-bond acceptors (Lipinski definition) is 6. The van der Waals surface area contributed by atoms with Crippen LogP contribution >= 0.6 is 0 Å². The fourth-order valence-electron chi connectivity index (χ4n) is 2.28. The van der Waals surface area contributed by atoms with Gasteiger partial charge in [0.15, 0.2) is 0 Å². The van der Waals surface area contributed by atoms with Crippen LogP contribution in [0.25, 0.3) is 0 Å². The third-order valence-electron chi connectivity index (χ3n) is 6.18. The van der Waals surface area contributed by atoms with Crippen LogP contribution in [-0.2, 0) is 14.4 Å². The van der Waals surface area contributed by atoms with Crippen molar-refractivity contribution in [3.05, 3.63) is 35.5 Å². The maximum atomic E-state index is 12.8. The van der Waals surface area contributed by atoms with E-state index < -0.39 is 123 Å². The normalized spacial score (nSPS) is 15.3. The van der Waals surface area contributed by atoms with Gasteiger partial charge < -0.3 is 15.3 Å². The molecule has 0 atom stereocenters. The van der Waals surface area contributed by atoms with Crippen LogP contribution in [0.1, 0.15) is 62.3 Å². The van der Waals surface area contributed by atoms with Crippen LogP contribution in [0.2, 0.25) is 0 Å². The topological polar surface area (TPSA) is 120 Å². The largest absolute Gasteiger partial charge is 3.00 e. The van der Waals surface area contributed by atoms with E-state index in [0.29, 0.717) is 0 Å². The maximum absolute atomic E-state index is 12.8. The van der Waals surface area contributed by atoms with Crippen LogP contribution in [-0.4, -0.2) is 71.4 Å². The Morgan fingerprint density at radius 2 is 0.448 bits per heavy atom. The molecular formula is C30H30F21GdO6. The number of allylic oxidation sites excluding steroid dienone is 6. The van der Waals surface area contributed by atoms with Crippen LogP contribution in [0.3, 0.4) is 0 Å². The van der Waals surface area contributed by atoms with Gasteiger partial charge in [-0.1, -0.05) is 62.3 Å². The summed E-state index contributed by atoms with van der Waals surface area (Å²) in [5.41, 5.74) is -4.09. The SMILES string of the molecule is CC(C)(C)C([O-])=CC(=O)C(F)(F)C(F)(F)C(F)(F)F.CC(C)(C)C([O-])=CC(=O)C(F)(F)C(F)(F)C(F)(F)F.CC(C)(C)C([O-])=CC(=O)C(F)(F)C(F)(F)C(F)(F)F.[Gd+3]. The molecule has 0 aromatic heterocycles. The molecule has 0 saturated heterocycles. The van der Waals surface area contributed by atoms with Gasteiger partial charge in [0.05, 0.1) is 0 Å². The monoisotopic (exact) mass is 1040 g/mol. The summed E-state index contributed by atoms with van der Waals surface area (Å²) >= 11 is 0. The van der Waals surface area contributed by atoms with Crippen molar-refractivity contribution in [2.24, 2.45) is 16.2 Å². The summed E-state index contributed by atoms with van der Waals surface area (Å²) < 4.78 is 258. The van der Waals surface area contributed by atoms with Crippen molar-refractivity contribution in [1.82, 2.24) is 0 Å². The Balaban J connectivity index is -0.000000374. The molecule has 0 heterocycles. The molecule has 0 aromatic carbocycles. The van der Waals surface area contributed by atoms with E-state index in [1.807, 2.05) is 0 Å². The molecule has 58 heavy (non-hydrogen) atoms. The second kappa shape index (κ2) is 19.0. The summed E-state index contributed by atoms with van der Waals surface area (Å²) in [5, 5.41) is 33.5. The molecule has 0 spiro atoms. The van der Waals surface area contributed by atoms with Crippen molar-refractivity contribution < 1.29 is 162 Å². The van der Waals surface area contributed by atoms with Crippen molar-refractivity contribution in [3.63, 3.8) is 0 Å². The summed E-state index contributed by atoms with van der Waals surface area (Å²) in [6.45, 7) is 10.6. The summed E-state index contributed by atoms with van der Waals surface area (Å²) in [6.07, 6.45) is -21.1. The number of carbonyl (C=O) groups is 3. The van der Waals surface area contributed by atoms with E-state index in [1.54, 1.807) is 0 Å². The van der Waals surface area contributed by atoms with Gasteiger partial charge in [0.2, 0.25) is 17.3 Å². The summed E-state index contributed by atoms with van der Waals surface area (Å²) in [7, 11) is 0. The second-order valence-corrected chi connectivity index (χ2v) is 14.3. The van der Waals surface area contributed by atoms with Gasteiger partial charge in [-0.05, 0) is 34.5 Å². The number of halogens is 21. The number of hydrogen-bond donors (Lipinski definition) is 0. The predicted octanol–water partition coefficient (Wildman–Crippen LogP) is 8.04. The fraction of sp³-hybridized carbons (Fsp3) is 0.700. The molecule has 0 aliphatic rings. The van der Waals surface area contributed by atoms with Gasteiger partial charge in [-0.3, -0.25) is 14.4 Å². The van der Waals surface area contributed by atoms with Crippen LogP contribution < -0.4 is 15.3 Å². The van der Waals surface area contributed by atoms with Crippen LogP contribution in [0.4, 0.5) is 92.2 Å². The first-order valence-corrected chi connectivity index (χ1v) is 14.4. The minimum atomic E-state index is -6.61. The zero-order valence-electron chi connectivity index (χ0n) is 30.5. The van der Waals surface area contributed by atoms with Crippen LogP contribution in [0.15, 0.2) is 35.5 Å². The van der Waals surface area contributed by atoms with Crippen molar-refractivity contribution >= 4 is 17.3 Å². The third kappa shape index (κ3) is 14.9. The van der Waals surface area contributed by atoms with E-state index in [9.17, 15) is 122 Å². The first kappa shape index (κ1) is 62.1. The van der Waals surface area contributed by atoms with E-state index in [2.05, 4.69) is 0 Å². The Morgan fingerprint density at radius 1 is 0.328 bits per heavy atom. The molecule has 0 saturated carbocycles. The molecule has 28 heteroatoms. The number of carbonyl (C=O) groups excluding carboxylic acids is 3. The van der Waals surface area contributed by atoms with Crippen LogP contribution in [0, 0.1) is 56.2 Å². The zero-order valence-corrected chi connectivity index (χ0v) is 32.7. The van der Waals surface area contributed by atoms with Crippen molar-refractivity contribution in [1.29, 1.82) is 0 Å². The Labute approximate surface area is 346 Å². The molecule has 0 N–H and O–H groups in total.